The van der Waals surface area contributed by atoms with Crippen LogP contribution in [-0.4, -0.2) is 59.9 Å². The first kappa shape index (κ1) is 18.2. The number of ether oxygens (including phenoxy) is 1. The lowest BCUT2D eigenvalue weighted by Gasteiger charge is -2.50. The van der Waals surface area contributed by atoms with Crippen LogP contribution >= 0.6 is 0 Å². The smallest absolute Gasteiger partial charge is 0.256 e. The van der Waals surface area contributed by atoms with Crippen molar-refractivity contribution in [2.24, 2.45) is 0 Å². The molecule has 1 amide bonds. The van der Waals surface area contributed by atoms with E-state index in [4.69, 9.17) is 4.74 Å². The van der Waals surface area contributed by atoms with Gasteiger partial charge in [0.1, 0.15) is 17.2 Å². The van der Waals surface area contributed by atoms with Crippen LogP contribution in [0, 0.1) is 11.6 Å². The summed E-state index contributed by atoms with van der Waals surface area (Å²) in [6.45, 7) is 2.86. The molecule has 3 rings (SSSR count). The molecule has 2 aliphatic rings. The second-order valence-corrected chi connectivity index (χ2v) is 7.29. The van der Waals surface area contributed by atoms with E-state index in [0.29, 0.717) is 32.4 Å². The summed E-state index contributed by atoms with van der Waals surface area (Å²) in [4.78, 5) is 14.1. The minimum atomic E-state index is -0.926. The molecule has 0 radical (unpaired) electrons. The van der Waals surface area contributed by atoms with Crippen LogP contribution in [0.2, 0.25) is 0 Å². The molecule has 25 heavy (non-hydrogen) atoms. The number of benzene rings is 1. The summed E-state index contributed by atoms with van der Waals surface area (Å²) < 4.78 is 32.8. The van der Waals surface area contributed by atoms with Gasteiger partial charge >= 0.3 is 0 Å². The van der Waals surface area contributed by atoms with E-state index >= 15 is 0 Å². The molecule has 0 unspecified atom stereocenters. The van der Waals surface area contributed by atoms with Crippen molar-refractivity contribution in [3.63, 3.8) is 0 Å². The SMILES string of the molecule is CN[C@H]1CC2(CCN(C(=O)c3ccc(F)cc3F)CC2)OC[C@]1(C)O. The number of likely N-dealkylation sites (tertiary alicyclic amines) is 1. The maximum absolute atomic E-state index is 13.8. The van der Waals surface area contributed by atoms with E-state index in [1.807, 2.05) is 7.05 Å². The van der Waals surface area contributed by atoms with Crippen molar-refractivity contribution in [2.75, 3.05) is 26.7 Å². The molecule has 1 spiro atoms. The topological polar surface area (TPSA) is 61.8 Å². The molecule has 0 aromatic heterocycles. The number of nitrogens with zero attached hydrogens (tertiary/aromatic N) is 1. The molecule has 0 saturated carbocycles. The fourth-order valence-electron chi connectivity index (χ4n) is 3.76. The Morgan fingerprint density at radius 2 is 2.04 bits per heavy atom. The Bertz CT molecular complexity index is 658. The normalized spacial score (nSPS) is 29.0. The van der Waals surface area contributed by atoms with Crippen LogP contribution in [0.3, 0.4) is 0 Å². The molecular formula is C18H24F2N2O3. The molecule has 1 aromatic carbocycles. The van der Waals surface area contributed by atoms with Gasteiger partial charge in [0.05, 0.1) is 17.8 Å². The van der Waals surface area contributed by atoms with Gasteiger partial charge in [-0.1, -0.05) is 0 Å². The first-order chi connectivity index (χ1) is 11.8. The van der Waals surface area contributed by atoms with E-state index in [1.54, 1.807) is 11.8 Å². The monoisotopic (exact) mass is 354 g/mol. The lowest BCUT2D eigenvalue weighted by atomic mass is 9.77. The number of carbonyl (C=O) groups excluding carboxylic acids is 1. The third-order valence-electron chi connectivity index (χ3n) is 5.47. The molecule has 1 aromatic rings. The molecule has 7 heteroatoms. The number of aliphatic hydroxyl groups is 1. The zero-order valence-corrected chi connectivity index (χ0v) is 14.5. The summed E-state index contributed by atoms with van der Waals surface area (Å²) >= 11 is 0. The van der Waals surface area contributed by atoms with Gasteiger partial charge in [0.15, 0.2) is 0 Å². The number of amides is 1. The maximum Gasteiger partial charge on any atom is 0.256 e. The van der Waals surface area contributed by atoms with Gasteiger partial charge in [0, 0.05) is 25.2 Å². The number of halogens is 2. The summed E-state index contributed by atoms with van der Waals surface area (Å²) in [5.74, 6) is -1.97. The highest BCUT2D eigenvalue weighted by Gasteiger charge is 2.48. The first-order valence-electron chi connectivity index (χ1n) is 8.54. The fourth-order valence-corrected chi connectivity index (χ4v) is 3.76. The molecule has 2 atom stereocenters. The van der Waals surface area contributed by atoms with E-state index < -0.39 is 23.1 Å². The Hall–Kier alpha value is -1.57. The van der Waals surface area contributed by atoms with Crippen molar-refractivity contribution in [2.45, 2.75) is 43.4 Å². The maximum atomic E-state index is 13.8. The number of hydrogen-bond donors (Lipinski definition) is 2. The molecule has 0 bridgehead atoms. The zero-order valence-electron chi connectivity index (χ0n) is 14.5. The van der Waals surface area contributed by atoms with Crippen LogP contribution in [0.4, 0.5) is 8.78 Å². The summed E-state index contributed by atoms with van der Waals surface area (Å²) in [5.41, 5.74) is -1.42. The van der Waals surface area contributed by atoms with E-state index in [2.05, 4.69) is 5.32 Å². The van der Waals surface area contributed by atoms with Gasteiger partial charge in [-0.25, -0.2) is 8.78 Å². The summed E-state index contributed by atoms with van der Waals surface area (Å²) in [5, 5.41) is 13.5. The van der Waals surface area contributed by atoms with Gasteiger partial charge in [-0.05, 0) is 45.4 Å². The van der Waals surface area contributed by atoms with E-state index in [0.717, 1.165) is 12.1 Å². The van der Waals surface area contributed by atoms with Gasteiger partial charge in [0.25, 0.3) is 5.91 Å². The van der Waals surface area contributed by atoms with Gasteiger partial charge in [-0.2, -0.15) is 0 Å². The Labute approximate surface area is 146 Å². The average Bonchev–Trinajstić information content (AvgIpc) is 2.57. The third kappa shape index (κ3) is 3.54. The van der Waals surface area contributed by atoms with Gasteiger partial charge in [-0.15, -0.1) is 0 Å². The molecular weight excluding hydrogens is 330 g/mol. The van der Waals surface area contributed by atoms with E-state index in [9.17, 15) is 18.7 Å². The second-order valence-electron chi connectivity index (χ2n) is 7.29. The molecule has 138 valence electrons. The molecule has 2 saturated heterocycles. The van der Waals surface area contributed by atoms with Crippen LogP contribution in [0.15, 0.2) is 18.2 Å². The highest BCUT2D eigenvalue weighted by Crippen LogP contribution is 2.38. The van der Waals surface area contributed by atoms with E-state index in [-0.39, 0.29) is 23.8 Å². The van der Waals surface area contributed by atoms with Crippen molar-refractivity contribution < 1.29 is 23.4 Å². The van der Waals surface area contributed by atoms with Crippen molar-refractivity contribution in [3.8, 4) is 0 Å². The average molecular weight is 354 g/mol. The number of likely N-dealkylation sites (N-methyl/N-ethyl adjacent to an activating group) is 1. The Morgan fingerprint density at radius 3 is 2.64 bits per heavy atom. The Balaban J connectivity index is 1.66. The van der Waals surface area contributed by atoms with Crippen molar-refractivity contribution in [1.82, 2.24) is 10.2 Å². The quantitative estimate of drug-likeness (QED) is 0.849. The van der Waals surface area contributed by atoms with Gasteiger partial charge in [-0.3, -0.25) is 4.79 Å². The standard InChI is InChI=1S/C18H24F2N2O3/c1-17(24)11-25-18(10-15(17)21-2)5-7-22(8-6-18)16(23)13-4-3-12(19)9-14(13)20/h3-4,9,15,21,24H,5-8,10-11H2,1-2H3/t15-,17-/m0/s1. The molecule has 2 N–H and O–H groups in total. The minimum absolute atomic E-state index is 0.0851. The van der Waals surface area contributed by atoms with Crippen LogP contribution < -0.4 is 5.32 Å². The number of rotatable bonds is 2. The highest BCUT2D eigenvalue weighted by molar-refractivity contribution is 5.94. The number of carbonyl (C=O) groups is 1. The van der Waals surface area contributed by atoms with Crippen LogP contribution in [0.5, 0.6) is 0 Å². The Morgan fingerprint density at radius 1 is 1.36 bits per heavy atom. The third-order valence-corrected chi connectivity index (χ3v) is 5.47. The zero-order chi connectivity index (χ0) is 18.2. The largest absolute Gasteiger partial charge is 0.386 e. The number of hydrogen-bond acceptors (Lipinski definition) is 4. The predicted octanol–water partition coefficient (Wildman–Crippen LogP) is 1.70. The second kappa shape index (κ2) is 6.63. The molecule has 0 aliphatic carbocycles. The summed E-state index contributed by atoms with van der Waals surface area (Å²) in [6, 6.07) is 2.91. The van der Waals surface area contributed by atoms with Crippen molar-refractivity contribution in [1.29, 1.82) is 0 Å². The van der Waals surface area contributed by atoms with Crippen LogP contribution in [-0.2, 0) is 4.74 Å². The summed E-state index contributed by atoms with van der Waals surface area (Å²) in [7, 11) is 1.81. The Kier molecular flexibility index (Phi) is 4.83. The van der Waals surface area contributed by atoms with Crippen LogP contribution in [0.1, 0.15) is 36.5 Å². The van der Waals surface area contributed by atoms with Crippen LogP contribution in [0.25, 0.3) is 0 Å². The van der Waals surface area contributed by atoms with Crippen molar-refractivity contribution in [3.05, 3.63) is 35.4 Å². The first-order valence-corrected chi connectivity index (χ1v) is 8.54. The van der Waals surface area contributed by atoms with Gasteiger partial charge < -0.3 is 20.1 Å². The lowest BCUT2D eigenvalue weighted by molar-refractivity contribution is -0.189. The fraction of sp³-hybridized carbons (Fsp3) is 0.611. The van der Waals surface area contributed by atoms with Crippen molar-refractivity contribution >= 4 is 5.91 Å². The highest BCUT2D eigenvalue weighted by atomic mass is 19.1. The summed E-state index contributed by atoms with van der Waals surface area (Å²) in [6.07, 6.45) is 1.90. The molecule has 2 aliphatic heterocycles. The van der Waals surface area contributed by atoms with Gasteiger partial charge in [0.2, 0.25) is 0 Å². The number of nitrogens with one attached hydrogen (secondary N) is 1. The minimum Gasteiger partial charge on any atom is -0.386 e. The van der Waals surface area contributed by atoms with E-state index in [1.165, 1.54) is 6.07 Å². The lowest BCUT2D eigenvalue weighted by Crippen LogP contribution is -2.62. The number of piperidine rings is 1. The molecule has 5 nitrogen and oxygen atoms in total. The molecule has 2 heterocycles. The predicted molar refractivity (Wildman–Crippen MR) is 88.3 cm³/mol. The molecule has 2 fully saturated rings.